The number of rotatable bonds is 6. The summed E-state index contributed by atoms with van der Waals surface area (Å²) in [7, 11) is -0.322. The van der Waals surface area contributed by atoms with Crippen LogP contribution in [0.5, 0.6) is 0 Å². The minimum absolute atomic E-state index is 0.121. The van der Waals surface area contributed by atoms with E-state index in [0.717, 1.165) is 5.56 Å². The Kier molecular flexibility index (Phi) is 4.26. The Balaban J connectivity index is 2.25. The zero-order valence-corrected chi connectivity index (χ0v) is 12.5. The molecule has 2 aromatic heterocycles. The predicted octanol–water partition coefficient (Wildman–Crippen LogP) is 0.851. The summed E-state index contributed by atoms with van der Waals surface area (Å²) >= 11 is 0. The predicted molar refractivity (Wildman–Crippen MR) is 73.4 cm³/mol. The van der Waals surface area contributed by atoms with E-state index >= 15 is 0 Å². The highest BCUT2D eigenvalue weighted by Gasteiger charge is 2.26. The summed E-state index contributed by atoms with van der Waals surface area (Å²) < 4.78 is 31.5. The molecule has 0 radical (unpaired) electrons. The quantitative estimate of drug-likeness (QED) is 0.825. The number of furan rings is 1. The van der Waals surface area contributed by atoms with Gasteiger partial charge in [0.15, 0.2) is 5.03 Å². The van der Waals surface area contributed by atoms with Gasteiger partial charge in [0.1, 0.15) is 5.76 Å². The highest BCUT2D eigenvalue weighted by molar-refractivity contribution is 7.89. The number of H-pyrrole nitrogens is 1. The molecule has 8 heteroatoms. The van der Waals surface area contributed by atoms with Crippen molar-refractivity contribution in [1.82, 2.24) is 19.8 Å². The highest BCUT2D eigenvalue weighted by Crippen LogP contribution is 2.19. The third kappa shape index (κ3) is 2.77. The van der Waals surface area contributed by atoms with Crippen molar-refractivity contribution >= 4 is 10.0 Å². The SMILES string of the molecule is CNCc1cn[nH]c1S(=O)(=O)N(C)Cc1ccoc1C. The van der Waals surface area contributed by atoms with Gasteiger partial charge in [-0.05, 0) is 20.0 Å². The molecule has 2 N–H and O–H groups in total. The zero-order valence-electron chi connectivity index (χ0n) is 11.7. The van der Waals surface area contributed by atoms with E-state index in [9.17, 15) is 8.42 Å². The van der Waals surface area contributed by atoms with Crippen LogP contribution >= 0.6 is 0 Å². The van der Waals surface area contributed by atoms with Crippen LogP contribution in [0.3, 0.4) is 0 Å². The lowest BCUT2D eigenvalue weighted by Gasteiger charge is -2.16. The number of hydrogen-bond acceptors (Lipinski definition) is 5. The molecule has 2 aromatic rings. The van der Waals surface area contributed by atoms with Crippen molar-refractivity contribution in [3.8, 4) is 0 Å². The number of aromatic nitrogens is 2. The van der Waals surface area contributed by atoms with Crippen molar-refractivity contribution in [2.45, 2.75) is 25.0 Å². The monoisotopic (exact) mass is 298 g/mol. The Morgan fingerprint density at radius 3 is 2.80 bits per heavy atom. The second kappa shape index (κ2) is 5.78. The first-order valence-corrected chi connectivity index (χ1v) is 7.57. The second-order valence-corrected chi connectivity index (χ2v) is 6.50. The van der Waals surface area contributed by atoms with Crippen molar-refractivity contribution in [3.05, 3.63) is 35.4 Å². The van der Waals surface area contributed by atoms with Gasteiger partial charge in [-0.15, -0.1) is 0 Å². The molecule has 0 aliphatic heterocycles. The molecule has 0 aromatic carbocycles. The average molecular weight is 298 g/mol. The normalized spacial score (nSPS) is 12.2. The van der Waals surface area contributed by atoms with Gasteiger partial charge in [0.25, 0.3) is 10.0 Å². The van der Waals surface area contributed by atoms with Crippen molar-refractivity contribution in [2.75, 3.05) is 14.1 Å². The minimum Gasteiger partial charge on any atom is -0.469 e. The fourth-order valence-electron chi connectivity index (χ4n) is 1.89. The summed E-state index contributed by atoms with van der Waals surface area (Å²) in [5, 5.41) is 9.42. The van der Waals surface area contributed by atoms with E-state index in [-0.39, 0.29) is 11.6 Å². The molecule has 0 saturated carbocycles. The molecule has 0 amide bonds. The van der Waals surface area contributed by atoms with Crippen molar-refractivity contribution < 1.29 is 12.8 Å². The van der Waals surface area contributed by atoms with Crippen LogP contribution < -0.4 is 5.32 Å². The topological polar surface area (TPSA) is 91.2 Å². The first kappa shape index (κ1) is 14.8. The molecule has 7 nitrogen and oxygen atoms in total. The number of aromatic amines is 1. The van der Waals surface area contributed by atoms with Gasteiger partial charge in [-0.3, -0.25) is 5.10 Å². The second-order valence-electron chi connectivity index (χ2n) is 4.52. The molecule has 0 bridgehead atoms. The van der Waals surface area contributed by atoms with Gasteiger partial charge in [-0.1, -0.05) is 0 Å². The molecular weight excluding hydrogens is 280 g/mol. The summed E-state index contributed by atoms with van der Waals surface area (Å²) in [5.74, 6) is 0.715. The van der Waals surface area contributed by atoms with Gasteiger partial charge in [0.05, 0.1) is 12.5 Å². The molecule has 0 saturated heterocycles. The lowest BCUT2D eigenvalue weighted by atomic mass is 10.3. The highest BCUT2D eigenvalue weighted by atomic mass is 32.2. The van der Waals surface area contributed by atoms with Gasteiger partial charge in [0.2, 0.25) is 0 Å². The smallest absolute Gasteiger partial charge is 0.260 e. The molecule has 110 valence electrons. The van der Waals surface area contributed by atoms with E-state index in [0.29, 0.717) is 17.9 Å². The lowest BCUT2D eigenvalue weighted by molar-refractivity contribution is 0.455. The lowest BCUT2D eigenvalue weighted by Crippen LogP contribution is -2.28. The van der Waals surface area contributed by atoms with E-state index in [4.69, 9.17) is 4.42 Å². The average Bonchev–Trinajstić information content (AvgIpc) is 3.00. The Morgan fingerprint density at radius 2 is 2.20 bits per heavy atom. The van der Waals surface area contributed by atoms with Crippen molar-refractivity contribution in [2.24, 2.45) is 0 Å². The minimum atomic E-state index is -3.61. The van der Waals surface area contributed by atoms with Crippen LogP contribution in [-0.4, -0.2) is 37.0 Å². The maximum atomic E-state index is 12.5. The summed E-state index contributed by atoms with van der Waals surface area (Å²) in [6.07, 6.45) is 3.06. The molecule has 0 aliphatic rings. The third-order valence-electron chi connectivity index (χ3n) is 3.07. The van der Waals surface area contributed by atoms with E-state index in [1.54, 1.807) is 26.3 Å². The van der Waals surface area contributed by atoms with Gasteiger partial charge in [-0.2, -0.15) is 9.40 Å². The first-order chi connectivity index (χ1) is 9.46. The number of nitrogens with one attached hydrogen (secondary N) is 2. The molecule has 20 heavy (non-hydrogen) atoms. The number of aryl methyl sites for hydroxylation is 1. The first-order valence-electron chi connectivity index (χ1n) is 6.13. The van der Waals surface area contributed by atoms with Gasteiger partial charge < -0.3 is 9.73 Å². The summed E-state index contributed by atoms with van der Waals surface area (Å²) in [5.41, 5.74) is 1.45. The largest absolute Gasteiger partial charge is 0.469 e. The van der Waals surface area contributed by atoms with Crippen LogP contribution in [0.15, 0.2) is 28.0 Å². The molecule has 0 spiro atoms. The van der Waals surface area contributed by atoms with Crippen LogP contribution in [0.25, 0.3) is 0 Å². The summed E-state index contributed by atoms with van der Waals surface area (Å²) in [6, 6.07) is 1.77. The van der Waals surface area contributed by atoms with Gasteiger partial charge in [-0.25, -0.2) is 8.42 Å². The van der Waals surface area contributed by atoms with E-state index in [1.807, 2.05) is 0 Å². The van der Waals surface area contributed by atoms with Crippen molar-refractivity contribution in [3.63, 3.8) is 0 Å². The Hall–Kier alpha value is -1.64. The van der Waals surface area contributed by atoms with Gasteiger partial charge in [0, 0.05) is 31.3 Å². The summed E-state index contributed by atoms with van der Waals surface area (Å²) in [4.78, 5) is 0. The zero-order chi connectivity index (χ0) is 14.8. The van der Waals surface area contributed by atoms with Crippen molar-refractivity contribution in [1.29, 1.82) is 0 Å². The van der Waals surface area contributed by atoms with Crippen LogP contribution in [-0.2, 0) is 23.1 Å². The van der Waals surface area contributed by atoms with Gasteiger partial charge >= 0.3 is 0 Å². The Labute approximate surface area is 118 Å². The third-order valence-corrected chi connectivity index (χ3v) is 4.89. The molecule has 0 atom stereocenters. The maximum Gasteiger partial charge on any atom is 0.260 e. The Morgan fingerprint density at radius 1 is 1.45 bits per heavy atom. The Bertz CT molecular complexity index is 674. The molecule has 0 fully saturated rings. The molecule has 0 aliphatic carbocycles. The molecule has 2 rings (SSSR count). The summed E-state index contributed by atoms with van der Waals surface area (Å²) in [6.45, 7) is 2.49. The van der Waals surface area contributed by atoms with E-state index < -0.39 is 10.0 Å². The number of sulfonamides is 1. The standard InChI is InChI=1S/C12H18N4O3S/c1-9-10(4-5-19-9)8-16(3)20(17,18)12-11(6-13-2)7-14-15-12/h4-5,7,13H,6,8H2,1-3H3,(H,14,15). The fourth-order valence-corrected chi connectivity index (χ4v) is 3.14. The number of nitrogens with zero attached hydrogens (tertiary/aromatic N) is 2. The van der Waals surface area contributed by atoms with Crippen LogP contribution in [0, 0.1) is 6.92 Å². The molecule has 0 unspecified atom stereocenters. The number of hydrogen-bond donors (Lipinski definition) is 2. The fraction of sp³-hybridized carbons (Fsp3) is 0.417. The van der Waals surface area contributed by atoms with E-state index in [1.165, 1.54) is 17.5 Å². The molecule has 2 heterocycles. The van der Waals surface area contributed by atoms with Crippen LogP contribution in [0.1, 0.15) is 16.9 Å². The maximum absolute atomic E-state index is 12.5. The van der Waals surface area contributed by atoms with E-state index in [2.05, 4.69) is 15.5 Å². The van der Waals surface area contributed by atoms with Crippen LogP contribution in [0.2, 0.25) is 0 Å². The van der Waals surface area contributed by atoms with Crippen LogP contribution in [0.4, 0.5) is 0 Å². The molecular formula is C12H18N4O3S.